The Morgan fingerprint density at radius 2 is 1.50 bits per heavy atom. The summed E-state index contributed by atoms with van der Waals surface area (Å²) in [5.74, 6) is -0.946. The molecule has 0 radical (unpaired) electrons. The molecule has 0 fully saturated rings. The van der Waals surface area contributed by atoms with E-state index in [1.165, 1.54) is 35.2 Å². The number of likely N-dealkylation sites (N-methyl/N-ethyl adjacent to an activating group) is 1. The smallest absolute Gasteiger partial charge is 0.243 e. The highest BCUT2D eigenvalue weighted by Crippen LogP contribution is 2.21. The summed E-state index contributed by atoms with van der Waals surface area (Å²) in [6.07, 6.45) is 0. The van der Waals surface area contributed by atoms with Crippen LogP contribution >= 0.6 is 0 Å². The fraction of sp³-hybridized carbons (Fsp3) is 0.174. The molecule has 30 heavy (non-hydrogen) atoms. The second kappa shape index (κ2) is 9.19. The summed E-state index contributed by atoms with van der Waals surface area (Å²) >= 11 is 0. The summed E-state index contributed by atoms with van der Waals surface area (Å²) < 4.78 is 41.8. The van der Waals surface area contributed by atoms with Gasteiger partial charge in [0.15, 0.2) is 0 Å². The Kier molecular flexibility index (Phi) is 6.64. The van der Waals surface area contributed by atoms with E-state index in [1.54, 1.807) is 49.5 Å². The topological polar surface area (TPSA) is 57.7 Å². The first-order valence-electron chi connectivity index (χ1n) is 9.41. The van der Waals surface area contributed by atoms with Crippen molar-refractivity contribution in [2.45, 2.75) is 18.4 Å². The molecule has 156 valence electrons. The zero-order valence-electron chi connectivity index (χ0n) is 16.8. The number of anilines is 1. The van der Waals surface area contributed by atoms with Gasteiger partial charge in [-0.3, -0.25) is 4.79 Å². The lowest BCUT2D eigenvalue weighted by Crippen LogP contribution is -2.41. The molecule has 0 atom stereocenters. The van der Waals surface area contributed by atoms with Crippen LogP contribution < -0.4 is 4.90 Å². The van der Waals surface area contributed by atoms with E-state index in [9.17, 15) is 17.6 Å². The quantitative estimate of drug-likeness (QED) is 0.574. The first kappa shape index (κ1) is 21.7. The lowest BCUT2D eigenvalue weighted by atomic mass is 10.2. The zero-order valence-corrected chi connectivity index (χ0v) is 17.6. The first-order chi connectivity index (χ1) is 14.3. The number of para-hydroxylation sites is 1. The number of sulfonamides is 1. The predicted octanol–water partition coefficient (Wildman–Crippen LogP) is 3.99. The SMILES string of the molecule is Cc1ccc(S(=O)(=O)N(CC(=O)N(C)c2ccccc2)Cc2ccccc2F)cc1. The third kappa shape index (κ3) is 4.93. The first-order valence-corrected chi connectivity index (χ1v) is 10.8. The number of benzene rings is 3. The maximum atomic E-state index is 14.2. The van der Waals surface area contributed by atoms with Crippen molar-refractivity contribution in [3.63, 3.8) is 0 Å². The Morgan fingerprint density at radius 1 is 0.900 bits per heavy atom. The predicted molar refractivity (Wildman–Crippen MR) is 115 cm³/mol. The monoisotopic (exact) mass is 426 g/mol. The summed E-state index contributed by atoms with van der Waals surface area (Å²) in [4.78, 5) is 14.3. The molecule has 0 aliphatic carbocycles. The highest BCUT2D eigenvalue weighted by Gasteiger charge is 2.29. The second-order valence-electron chi connectivity index (χ2n) is 6.97. The molecular formula is C23H23FN2O3S. The Bertz CT molecular complexity index is 1120. The maximum Gasteiger partial charge on any atom is 0.243 e. The van der Waals surface area contributed by atoms with Gasteiger partial charge in [-0.05, 0) is 37.3 Å². The van der Waals surface area contributed by atoms with Gasteiger partial charge < -0.3 is 4.90 Å². The molecule has 0 bridgehead atoms. The van der Waals surface area contributed by atoms with E-state index in [1.807, 2.05) is 13.0 Å². The molecule has 3 rings (SSSR count). The van der Waals surface area contributed by atoms with Gasteiger partial charge in [0.1, 0.15) is 5.82 Å². The van der Waals surface area contributed by atoms with Crippen LogP contribution in [-0.2, 0) is 21.4 Å². The number of hydrogen-bond acceptors (Lipinski definition) is 3. The molecule has 3 aromatic rings. The second-order valence-corrected chi connectivity index (χ2v) is 8.90. The molecular weight excluding hydrogens is 403 g/mol. The highest BCUT2D eigenvalue weighted by atomic mass is 32.2. The molecule has 0 saturated carbocycles. The standard InChI is InChI=1S/C23H23FN2O3S/c1-18-12-14-21(15-13-18)30(28,29)26(16-19-8-6-7-11-22(19)24)17-23(27)25(2)20-9-4-3-5-10-20/h3-15H,16-17H2,1-2H3. The molecule has 0 heterocycles. The molecule has 0 aliphatic rings. The van der Waals surface area contributed by atoms with Crippen molar-refractivity contribution in [3.8, 4) is 0 Å². The molecule has 7 heteroatoms. The van der Waals surface area contributed by atoms with Gasteiger partial charge in [-0.25, -0.2) is 12.8 Å². The van der Waals surface area contributed by atoms with E-state index >= 15 is 0 Å². The Hall–Kier alpha value is -3.03. The Labute approximate surface area is 176 Å². The molecule has 3 aromatic carbocycles. The third-order valence-electron chi connectivity index (χ3n) is 4.79. The molecule has 0 aromatic heterocycles. The van der Waals surface area contributed by atoms with Crippen LogP contribution in [-0.4, -0.2) is 32.2 Å². The number of hydrogen-bond donors (Lipinski definition) is 0. The van der Waals surface area contributed by atoms with Crippen molar-refractivity contribution in [2.24, 2.45) is 0 Å². The Balaban J connectivity index is 1.94. The van der Waals surface area contributed by atoms with Crippen LogP contribution in [0, 0.1) is 12.7 Å². The minimum Gasteiger partial charge on any atom is -0.314 e. The fourth-order valence-electron chi connectivity index (χ4n) is 2.95. The van der Waals surface area contributed by atoms with Gasteiger partial charge in [0.05, 0.1) is 11.4 Å². The van der Waals surface area contributed by atoms with Gasteiger partial charge in [0.2, 0.25) is 15.9 Å². The minimum absolute atomic E-state index is 0.0552. The summed E-state index contributed by atoms with van der Waals surface area (Å²) in [5, 5.41) is 0. The maximum absolute atomic E-state index is 14.2. The van der Waals surface area contributed by atoms with E-state index < -0.39 is 28.3 Å². The normalized spacial score (nSPS) is 11.5. The lowest BCUT2D eigenvalue weighted by molar-refractivity contribution is -0.118. The van der Waals surface area contributed by atoms with E-state index in [0.29, 0.717) is 5.69 Å². The van der Waals surface area contributed by atoms with Crippen molar-refractivity contribution in [3.05, 3.63) is 95.8 Å². The van der Waals surface area contributed by atoms with Crippen molar-refractivity contribution in [1.29, 1.82) is 0 Å². The van der Waals surface area contributed by atoms with E-state index in [2.05, 4.69) is 0 Å². The van der Waals surface area contributed by atoms with Crippen molar-refractivity contribution >= 4 is 21.6 Å². The zero-order chi connectivity index (χ0) is 21.7. The minimum atomic E-state index is -4.02. The van der Waals surface area contributed by atoms with Crippen molar-refractivity contribution in [1.82, 2.24) is 4.31 Å². The molecule has 0 spiro atoms. The van der Waals surface area contributed by atoms with E-state index in [-0.39, 0.29) is 17.0 Å². The lowest BCUT2D eigenvalue weighted by Gasteiger charge is -2.25. The molecule has 0 aliphatic heterocycles. The van der Waals surface area contributed by atoms with Gasteiger partial charge in [-0.1, -0.05) is 54.1 Å². The summed E-state index contributed by atoms with van der Waals surface area (Å²) in [7, 11) is -2.44. The average molecular weight is 427 g/mol. The van der Waals surface area contributed by atoms with Crippen LogP contribution in [0.4, 0.5) is 10.1 Å². The van der Waals surface area contributed by atoms with E-state index in [0.717, 1.165) is 9.87 Å². The number of aryl methyl sites for hydroxylation is 1. The number of halogens is 1. The van der Waals surface area contributed by atoms with Gasteiger partial charge in [-0.15, -0.1) is 0 Å². The number of nitrogens with zero attached hydrogens (tertiary/aromatic N) is 2. The van der Waals surface area contributed by atoms with Gasteiger partial charge in [0.25, 0.3) is 0 Å². The molecule has 0 unspecified atom stereocenters. The largest absolute Gasteiger partial charge is 0.314 e. The third-order valence-corrected chi connectivity index (χ3v) is 6.60. The number of amides is 1. The van der Waals surface area contributed by atoms with Crippen LogP contribution in [0.1, 0.15) is 11.1 Å². The summed E-state index contributed by atoms with van der Waals surface area (Å²) in [6.45, 7) is 1.18. The molecule has 0 saturated heterocycles. The summed E-state index contributed by atoms with van der Waals surface area (Å²) in [5.41, 5.74) is 1.75. The van der Waals surface area contributed by atoms with E-state index in [4.69, 9.17) is 0 Å². The number of carbonyl (C=O) groups is 1. The molecule has 5 nitrogen and oxygen atoms in total. The van der Waals surface area contributed by atoms with Crippen LogP contribution in [0.15, 0.2) is 83.8 Å². The van der Waals surface area contributed by atoms with Gasteiger partial charge >= 0.3 is 0 Å². The number of carbonyl (C=O) groups excluding carboxylic acids is 1. The van der Waals surface area contributed by atoms with Crippen LogP contribution in [0.2, 0.25) is 0 Å². The van der Waals surface area contributed by atoms with Crippen molar-refractivity contribution < 1.29 is 17.6 Å². The van der Waals surface area contributed by atoms with Crippen molar-refractivity contribution in [2.75, 3.05) is 18.5 Å². The highest BCUT2D eigenvalue weighted by molar-refractivity contribution is 7.89. The fourth-order valence-corrected chi connectivity index (χ4v) is 4.32. The van der Waals surface area contributed by atoms with Crippen LogP contribution in [0.3, 0.4) is 0 Å². The average Bonchev–Trinajstić information content (AvgIpc) is 2.75. The van der Waals surface area contributed by atoms with Gasteiger partial charge in [0, 0.05) is 24.8 Å². The number of rotatable bonds is 7. The molecule has 1 amide bonds. The van der Waals surface area contributed by atoms with Crippen LogP contribution in [0.25, 0.3) is 0 Å². The Morgan fingerprint density at radius 3 is 2.13 bits per heavy atom. The van der Waals surface area contributed by atoms with Gasteiger partial charge in [-0.2, -0.15) is 4.31 Å². The molecule has 0 N–H and O–H groups in total. The summed E-state index contributed by atoms with van der Waals surface area (Å²) in [6, 6.07) is 21.2. The van der Waals surface area contributed by atoms with Crippen LogP contribution in [0.5, 0.6) is 0 Å².